The molecule has 0 amide bonds. The van der Waals surface area contributed by atoms with Crippen LogP contribution >= 0.6 is 11.3 Å². The predicted octanol–water partition coefficient (Wildman–Crippen LogP) is 11.9. The molecule has 2 heterocycles. The van der Waals surface area contributed by atoms with Crippen LogP contribution in [0.15, 0.2) is 103 Å². The number of fused-ring (bicyclic) bond motifs is 7. The third-order valence-electron chi connectivity index (χ3n) is 11.2. The Kier molecular flexibility index (Phi) is 6.24. The quantitative estimate of drug-likeness (QED) is 0.193. The second kappa shape index (κ2) is 10.2. The van der Waals surface area contributed by atoms with Gasteiger partial charge in [-0.05, 0) is 81.3 Å². The molecular formula is C44H39N3S. The normalized spacial score (nSPS) is 16.9. The molecule has 0 saturated heterocycles. The van der Waals surface area contributed by atoms with Crippen molar-refractivity contribution in [1.29, 1.82) is 0 Å². The summed E-state index contributed by atoms with van der Waals surface area (Å²) in [7, 11) is 0. The van der Waals surface area contributed by atoms with Gasteiger partial charge in [0.1, 0.15) is 0 Å². The third kappa shape index (κ3) is 4.35. The fourth-order valence-corrected chi connectivity index (χ4v) is 9.46. The summed E-state index contributed by atoms with van der Waals surface area (Å²) in [5.41, 5.74) is 11.4. The Hall–Kier alpha value is -4.67. The van der Waals surface area contributed by atoms with Crippen LogP contribution in [0.1, 0.15) is 76.6 Å². The molecule has 0 radical (unpaired) electrons. The van der Waals surface area contributed by atoms with Crippen LogP contribution in [0, 0.1) is 0 Å². The van der Waals surface area contributed by atoms with Crippen molar-refractivity contribution in [3.8, 4) is 45.3 Å². The average Bonchev–Trinajstić information content (AvgIpc) is 3.59. The number of rotatable bonds is 3. The Labute approximate surface area is 286 Å². The number of benzene rings is 5. The topological polar surface area (TPSA) is 38.7 Å². The standard InChI is InChI=1S/C44H39N3S/c1-42(2)22-23-43(3,4)36-25-27(19-21-34(36)42)40-45-39(26-18-20-29-28-12-7-9-16-33(28)44(5,6)35(29)24-26)46-41(47-40)32-15-11-14-31-30-13-8-10-17-37(30)48-38(31)32/h7-21,24-25H,22-23H2,1-6H3. The first-order valence-electron chi connectivity index (χ1n) is 17.1. The minimum Gasteiger partial charge on any atom is -0.208 e. The number of hydrogen-bond acceptors (Lipinski definition) is 4. The molecule has 3 nitrogen and oxygen atoms in total. The van der Waals surface area contributed by atoms with E-state index in [1.165, 1.54) is 60.0 Å². The van der Waals surface area contributed by atoms with Crippen molar-refractivity contribution in [2.45, 2.75) is 70.6 Å². The van der Waals surface area contributed by atoms with Crippen molar-refractivity contribution in [2.75, 3.05) is 0 Å². The van der Waals surface area contributed by atoms with E-state index in [1.807, 2.05) is 11.3 Å². The van der Waals surface area contributed by atoms with Crippen molar-refractivity contribution in [1.82, 2.24) is 15.0 Å². The summed E-state index contributed by atoms with van der Waals surface area (Å²) in [6, 6.07) is 37.6. The van der Waals surface area contributed by atoms with Crippen LogP contribution in [0.2, 0.25) is 0 Å². The lowest BCUT2D eigenvalue weighted by atomic mass is 9.63. The maximum absolute atomic E-state index is 5.27. The van der Waals surface area contributed by atoms with Gasteiger partial charge in [-0.15, -0.1) is 11.3 Å². The fourth-order valence-electron chi connectivity index (χ4n) is 8.25. The van der Waals surface area contributed by atoms with E-state index in [9.17, 15) is 0 Å². The second-order valence-electron chi connectivity index (χ2n) is 15.5. The van der Waals surface area contributed by atoms with Gasteiger partial charge in [0.25, 0.3) is 0 Å². The van der Waals surface area contributed by atoms with E-state index < -0.39 is 0 Å². The lowest BCUT2D eigenvalue weighted by Gasteiger charge is -2.42. The molecular weight excluding hydrogens is 603 g/mol. The van der Waals surface area contributed by atoms with Crippen LogP contribution < -0.4 is 0 Å². The van der Waals surface area contributed by atoms with Gasteiger partial charge in [-0.25, -0.2) is 15.0 Å². The molecule has 4 heteroatoms. The van der Waals surface area contributed by atoms with Crippen molar-refractivity contribution >= 4 is 31.5 Å². The minimum absolute atomic E-state index is 0.0861. The van der Waals surface area contributed by atoms with Gasteiger partial charge < -0.3 is 0 Å². The molecule has 9 rings (SSSR count). The van der Waals surface area contributed by atoms with Crippen LogP contribution in [0.3, 0.4) is 0 Å². The van der Waals surface area contributed by atoms with Crippen LogP contribution in [-0.4, -0.2) is 15.0 Å². The van der Waals surface area contributed by atoms with E-state index in [0.29, 0.717) is 11.6 Å². The monoisotopic (exact) mass is 641 g/mol. The lowest BCUT2D eigenvalue weighted by molar-refractivity contribution is 0.332. The Morgan fingerprint density at radius 3 is 1.85 bits per heavy atom. The SMILES string of the molecule is CC1(C)CCC(C)(C)c2cc(-c3nc(-c4ccc5c(c4)C(C)(C)c4ccccc4-5)nc(-c4cccc5c4sc4ccccc45)n3)ccc21. The Morgan fingerprint density at radius 1 is 0.479 bits per heavy atom. The van der Waals surface area contributed by atoms with Crippen LogP contribution in [0.4, 0.5) is 0 Å². The fraction of sp³-hybridized carbons (Fsp3) is 0.250. The van der Waals surface area contributed by atoms with E-state index >= 15 is 0 Å². The Morgan fingerprint density at radius 2 is 1.06 bits per heavy atom. The molecule has 0 atom stereocenters. The van der Waals surface area contributed by atoms with E-state index in [1.54, 1.807) is 0 Å². The zero-order chi connectivity index (χ0) is 33.0. The molecule has 0 aliphatic heterocycles. The Balaban J connectivity index is 1.27. The van der Waals surface area contributed by atoms with Crippen LogP contribution in [-0.2, 0) is 16.2 Å². The molecule has 5 aromatic carbocycles. The van der Waals surface area contributed by atoms with Gasteiger partial charge in [0.05, 0.1) is 0 Å². The van der Waals surface area contributed by atoms with E-state index in [-0.39, 0.29) is 16.2 Å². The van der Waals surface area contributed by atoms with Gasteiger partial charge >= 0.3 is 0 Å². The molecule has 2 aliphatic carbocycles. The summed E-state index contributed by atoms with van der Waals surface area (Å²) in [6.45, 7) is 14.1. The largest absolute Gasteiger partial charge is 0.208 e. The highest BCUT2D eigenvalue weighted by Gasteiger charge is 2.38. The molecule has 0 spiro atoms. The number of hydrogen-bond donors (Lipinski definition) is 0. The Bertz CT molecular complexity index is 2440. The smallest absolute Gasteiger partial charge is 0.165 e. The van der Waals surface area contributed by atoms with E-state index in [0.717, 1.165) is 28.9 Å². The lowest BCUT2D eigenvalue weighted by Crippen LogP contribution is -2.33. The van der Waals surface area contributed by atoms with Gasteiger partial charge in [0.15, 0.2) is 17.5 Å². The molecule has 2 aromatic heterocycles. The summed E-state index contributed by atoms with van der Waals surface area (Å²) >= 11 is 1.81. The molecule has 0 saturated carbocycles. The van der Waals surface area contributed by atoms with Crippen molar-refractivity contribution in [3.63, 3.8) is 0 Å². The molecule has 2 aliphatic rings. The summed E-state index contributed by atoms with van der Waals surface area (Å²) in [5, 5.41) is 2.51. The van der Waals surface area contributed by atoms with Gasteiger partial charge in [-0.3, -0.25) is 0 Å². The molecule has 7 aromatic rings. The van der Waals surface area contributed by atoms with Crippen molar-refractivity contribution < 1.29 is 0 Å². The predicted molar refractivity (Wildman–Crippen MR) is 202 cm³/mol. The average molecular weight is 642 g/mol. The van der Waals surface area contributed by atoms with E-state index in [4.69, 9.17) is 15.0 Å². The van der Waals surface area contributed by atoms with Crippen LogP contribution in [0.5, 0.6) is 0 Å². The van der Waals surface area contributed by atoms with Crippen molar-refractivity contribution in [3.05, 3.63) is 125 Å². The number of thiophene rings is 1. The third-order valence-corrected chi connectivity index (χ3v) is 12.5. The van der Waals surface area contributed by atoms with Gasteiger partial charge in [0, 0.05) is 42.3 Å². The summed E-state index contributed by atoms with van der Waals surface area (Å²) < 4.78 is 2.48. The second-order valence-corrected chi connectivity index (χ2v) is 16.6. The van der Waals surface area contributed by atoms with Gasteiger partial charge in [-0.2, -0.15) is 0 Å². The van der Waals surface area contributed by atoms with Gasteiger partial charge in [0.2, 0.25) is 0 Å². The maximum atomic E-state index is 5.27. The van der Waals surface area contributed by atoms with Gasteiger partial charge in [-0.1, -0.05) is 120 Å². The highest BCUT2D eigenvalue weighted by atomic mass is 32.1. The molecule has 0 fully saturated rings. The van der Waals surface area contributed by atoms with Crippen LogP contribution in [0.25, 0.3) is 65.5 Å². The summed E-state index contributed by atoms with van der Waals surface area (Å²) in [5.74, 6) is 2.14. The molecule has 0 N–H and O–H groups in total. The van der Waals surface area contributed by atoms with Crippen molar-refractivity contribution in [2.24, 2.45) is 0 Å². The zero-order valence-electron chi connectivity index (χ0n) is 28.5. The number of nitrogens with zero attached hydrogens (tertiary/aromatic N) is 3. The minimum atomic E-state index is -0.111. The first-order chi connectivity index (χ1) is 23.0. The highest BCUT2D eigenvalue weighted by molar-refractivity contribution is 7.26. The first-order valence-corrected chi connectivity index (χ1v) is 17.9. The molecule has 48 heavy (non-hydrogen) atoms. The molecule has 236 valence electrons. The molecule has 0 unspecified atom stereocenters. The zero-order valence-corrected chi connectivity index (χ0v) is 29.3. The molecule has 0 bridgehead atoms. The summed E-state index contributed by atoms with van der Waals surface area (Å²) in [4.78, 5) is 15.8. The maximum Gasteiger partial charge on any atom is 0.165 e. The number of aromatic nitrogens is 3. The highest BCUT2D eigenvalue weighted by Crippen LogP contribution is 2.50. The first kappa shape index (κ1) is 29.5. The van der Waals surface area contributed by atoms with E-state index in [2.05, 4.69) is 145 Å². The summed E-state index contributed by atoms with van der Waals surface area (Å²) in [6.07, 6.45) is 2.34.